The number of aromatic nitrogens is 2. The monoisotopic (exact) mass is 304 g/mol. The molecule has 1 atom stereocenters. The van der Waals surface area contributed by atoms with Crippen molar-refractivity contribution in [2.45, 2.75) is 39.0 Å². The fourth-order valence-corrected chi connectivity index (χ4v) is 3.50. The number of hydrogen-bond donors (Lipinski definition) is 0. The number of anilines is 2. The second kappa shape index (κ2) is 7.77. The van der Waals surface area contributed by atoms with Gasteiger partial charge in [-0.25, -0.2) is 9.97 Å². The Balaban J connectivity index is 1.65. The fraction of sp³-hybridized carbons (Fsp3) is 0.765. The molecule has 2 aliphatic rings. The van der Waals surface area contributed by atoms with Gasteiger partial charge in [0.15, 0.2) is 0 Å². The zero-order chi connectivity index (χ0) is 15.2. The predicted octanol–water partition coefficient (Wildman–Crippen LogP) is 2.72. The van der Waals surface area contributed by atoms with Gasteiger partial charge in [-0.15, -0.1) is 0 Å². The van der Waals surface area contributed by atoms with Crippen LogP contribution in [0.1, 0.15) is 39.0 Å². The van der Waals surface area contributed by atoms with Gasteiger partial charge in [0.05, 0.1) is 6.61 Å². The number of nitrogens with zero attached hydrogens (tertiary/aromatic N) is 4. The molecule has 0 aromatic carbocycles. The number of hydrogen-bond acceptors (Lipinski definition) is 5. The van der Waals surface area contributed by atoms with Gasteiger partial charge in [-0.1, -0.05) is 0 Å². The molecule has 5 heteroatoms. The third-order valence-corrected chi connectivity index (χ3v) is 4.72. The van der Waals surface area contributed by atoms with Crippen molar-refractivity contribution in [3.8, 4) is 0 Å². The Kier molecular flexibility index (Phi) is 5.48. The molecule has 1 aromatic heterocycles. The Bertz CT molecular complexity index is 462. The van der Waals surface area contributed by atoms with Crippen LogP contribution in [0.4, 0.5) is 11.6 Å². The first-order valence-corrected chi connectivity index (χ1v) is 8.76. The minimum Gasteiger partial charge on any atom is -0.381 e. The summed E-state index contributed by atoms with van der Waals surface area (Å²) in [4.78, 5) is 13.8. The molecule has 0 aliphatic carbocycles. The summed E-state index contributed by atoms with van der Waals surface area (Å²) in [5.41, 5.74) is 0. The molecule has 5 nitrogen and oxygen atoms in total. The van der Waals surface area contributed by atoms with E-state index in [4.69, 9.17) is 4.74 Å². The van der Waals surface area contributed by atoms with E-state index in [1.165, 1.54) is 32.1 Å². The lowest BCUT2D eigenvalue weighted by atomic mass is 9.99. The van der Waals surface area contributed by atoms with Crippen LogP contribution in [0.3, 0.4) is 0 Å². The van der Waals surface area contributed by atoms with Crippen molar-refractivity contribution >= 4 is 11.6 Å². The highest BCUT2D eigenvalue weighted by molar-refractivity contribution is 5.50. The lowest BCUT2D eigenvalue weighted by molar-refractivity contribution is 0.104. The molecule has 2 aliphatic heterocycles. The summed E-state index contributed by atoms with van der Waals surface area (Å²) < 4.78 is 5.61. The maximum absolute atomic E-state index is 5.61. The van der Waals surface area contributed by atoms with Gasteiger partial charge in [0.2, 0.25) is 0 Å². The quantitative estimate of drug-likeness (QED) is 0.836. The SMILES string of the molecule is CCOCC1CCCN(c2cc(N3CCCCC3)ncn2)C1. The summed E-state index contributed by atoms with van der Waals surface area (Å²) >= 11 is 0. The van der Waals surface area contributed by atoms with Crippen LogP contribution in [0.15, 0.2) is 12.4 Å². The molecule has 3 rings (SSSR count). The molecular weight excluding hydrogens is 276 g/mol. The minimum absolute atomic E-state index is 0.627. The molecule has 2 saturated heterocycles. The average molecular weight is 304 g/mol. The van der Waals surface area contributed by atoms with E-state index in [1.807, 2.05) is 0 Å². The average Bonchev–Trinajstić information content (AvgIpc) is 2.61. The van der Waals surface area contributed by atoms with E-state index in [1.54, 1.807) is 6.33 Å². The van der Waals surface area contributed by atoms with E-state index in [0.29, 0.717) is 5.92 Å². The van der Waals surface area contributed by atoms with Crippen molar-refractivity contribution < 1.29 is 4.74 Å². The first-order valence-electron chi connectivity index (χ1n) is 8.76. The smallest absolute Gasteiger partial charge is 0.134 e. The van der Waals surface area contributed by atoms with Gasteiger partial charge in [-0.05, 0) is 44.9 Å². The third kappa shape index (κ3) is 3.88. The highest BCUT2D eigenvalue weighted by Gasteiger charge is 2.22. The van der Waals surface area contributed by atoms with Crippen molar-refractivity contribution in [1.29, 1.82) is 0 Å². The van der Waals surface area contributed by atoms with Crippen LogP contribution in [0.2, 0.25) is 0 Å². The fourth-order valence-electron chi connectivity index (χ4n) is 3.50. The Hall–Kier alpha value is -1.36. The van der Waals surface area contributed by atoms with Gasteiger partial charge in [-0.2, -0.15) is 0 Å². The van der Waals surface area contributed by atoms with Gasteiger partial charge >= 0.3 is 0 Å². The van der Waals surface area contributed by atoms with E-state index >= 15 is 0 Å². The lowest BCUT2D eigenvalue weighted by Crippen LogP contribution is -2.38. The van der Waals surface area contributed by atoms with Gasteiger partial charge in [-0.3, -0.25) is 0 Å². The van der Waals surface area contributed by atoms with Crippen molar-refractivity contribution in [3.63, 3.8) is 0 Å². The molecule has 0 bridgehead atoms. The van der Waals surface area contributed by atoms with Crippen molar-refractivity contribution in [2.75, 3.05) is 49.2 Å². The molecule has 2 fully saturated rings. The topological polar surface area (TPSA) is 41.5 Å². The number of piperidine rings is 2. The molecule has 22 heavy (non-hydrogen) atoms. The maximum atomic E-state index is 5.61. The molecule has 1 unspecified atom stereocenters. The Labute approximate surface area is 133 Å². The molecule has 0 radical (unpaired) electrons. The molecule has 0 N–H and O–H groups in total. The summed E-state index contributed by atoms with van der Waals surface area (Å²) in [6.07, 6.45) is 8.12. The van der Waals surface area contributed by atoms with Gasteiger partial charge in [0.25, 0.3) is 0 Å². The van der Waals surface area contributed by atoms with E-state index in [2.05, 4.69) is 32.8 Å². The van der Waals surface area contributed by atoms with Crippen LogP contribution in [0.5, 0.6) is 0 Å². The third-order valence-electron chi connectivity index (χ3n) is 4.72. The Morgan fingerprint density at radius 3 is 2.55 bits per heavy atom. The molecule has 0 spiro atoms. The molecule has 0 saturated carbocycles. The van der Waals surface area contributed by atoms with Crippen LogP contribution < -0.4 is 9.80 Å². The Morgan fingerprint density at radius 2 is 1.77 bits per heavy atom. The van der Waals surface area contributed by atoms with Crippen molar-refractivity contribution in [1.82, 2.24) is 9.97 Å². The van der Waals surface area contributed by atoms with Crippen LogP contribution in [0.25, 0.3) is 0 Å². The summed E-state index contributed by atoms with van der Waals surface area (Å²) in [5.74, 6) is 2.80. The maximum Gasteiger partial charge on any atom is 0.134 e. The van der Waals surface area contributed by atoms with E-state index in [0.717, 1.165) is 51.0 Å². The molecule has 3 heterocycles. The van der Waals surface area contributed by atoms with Gasteiger partial charge in [0.1, 0.15) is 18.0 Å². The van der Waals surface area contributed by atoms with E-state index < -0.39 is 0 Å². The predicted molar refractivity (Wildman–Crippen MR) is 89.5 cm³/mol. The second-order valence-corrected chi connectivity index (χ2v) is 6.40. The normalized spacial score (nSPS) is 22.9. The molecule has 0 amide bonds. The summed E-state index contributed by atoms with van der Waals surface area (Å²) in [7, 11) is 0. The second-order valence-electron chi connectivity index (χ2n) is 6.40. The van der Waals surface area contributed by atoms with Gasteiger partial charge < -0.3 is 14.5 Å². The first kappa shape index (κ1) is 15.5. The van der Waals surface area contributed by atoms with Crippen molar-refractivity contribution in [2.24, 2.45) is 5.92 Å². The summed E-state index contributed by atoms with van der Waals surface area (Å²) in [6.45, 7) is 8.15. The zero-order valence-corrected chi connectivity index (χ0v) is 13.7. The standard InChI is InChI=1S/C17H28N4O/c1-2-22-13-15-7-6-10-21(12-15)17-11-16(18-14-19-17)20-8-4-3-5-9-20/h11,14-15H,2-10,12-13H2,1H3. The summed E-state index contributed by atoms with van der Waals surface area (Å²) in [6, 6.07) is 2.17. The van der Waals surface area contributed by atoms with Crippen molar-refractivity contribution in [3.05, 3.63) is 12.4 Å². The van der Waals surface area contributed by atoms with Crippen LogP contribution in [-0.2, 0) is 4.74 Å². The Morgan fingerprint density at radius 1 is 1.05 bits per heavy atom. The van der Waals surface area contributed by atoms with E-state index in [9.17, 15) is 0 Å². The van der Waals surface area contributed by atoms with E-state index in [-0.39, 0.29) is 0 Å². The lowest BCUT2D eigenvalue weighted by Gasteiger charge is -2.34. The number of rotatable bonds is 5. The zero-order valence-electron chi connectivity index (χ0n) is 13.7. The van der Waals surface area contributed by atoms with Gasteiger partial charge in [0, 0.05) is 38.9 Å². The van der Waals surface area contributed by atoms with Crippen LogP contribution in [0, 0.1) is 5.92 Å². The first-order chi connectivity index (χ1) is 10.9. The molecule has 122 valence electrons. The largest absolute Gasteiger partial charge is 0.381 e. The highest BCUT2D eigenvalue weighted by atomic mass is 16.5. The summed E-state index contributed by atoms with van der Waals surface area (Å²) in [5, 5.41) is 0. The molecule has 1 aromatic rings. The van der Waals surface area contributed by atoms with Crippen LogP contribution >= 0.6 is 0 Å². The minimum atomic E-state index is 0.627. The van der Waals surface area contributed by atoms with Crippen LogP contribution in [-0.4, -0.2) is 49.4 Å². The molecular formula is C17H28N4O. The number of ether oxygens (including phenoxy) is 1. The highest BCUT2D eigenvalue weighted by Crippen LogP contribution is 2.25.